The summed E-state index contributed by atoms with van der Waals surface area (Å²) in [5, 5.41) is 8.96. The lowest BCUT2D eigenvalue weighted by Gasteiger charge is -2.19. The predicted molar refractivity (Wildman–Crippen MR) is 50.3 cm³/mol. The van der Waals surface area contributed by atoms with Crippen LogP contribution in [0.3, 0.4) is 0 Å². The van der Waals surface area contributed by atoms with Crippen molar-refractivity contribution < 1.29 is 9.90 Å². The number of H-pyrrole nitrogens is 1. The van der Waals surface area contributed by atoms with Crippen LogP contribution in [0.15, 0.2) is 11.1 Å². The normalized spacial score (nSPS) is 11.4. The lowest BCUT2D eigenvalue weighted by Crippen LogP contribution is -2.33. The number of hydrogen-bond donors (Lipinski definition) is 2. The molecule has 1 aromatic heterocycles. The number of aromatic amines is 1. The number of rotatable bonds is 2. The zero-order chi connectivity index (χ0) is 10.9. The number of nitrogens with zero attached hydrogens (tertiary/aromatic N) is 1. The number of hydrogen-bond acceptors (Lipinski definition) is 3. The molecule has 0 amide bonds. The van der Waals surface area contributed by atoms with Crippen molar-refractivity contribution >= 4 is 5.97 Å². The minimum absolute atomic E-state index is 0.300. The van der Waals surface area contributed by atoms with Crippen molar-refractivity contribution in [3.8, 4) is 0 Å². The molecule has 1 aromatic rings. The quantitative estimate of drug-likeness (QED) is 0.719. The van der Waals surface area contributed by atoms with Crippen LogP contribution in [0.2, 0.25) is 0 Å². The monoisotopic (exact) mass is 196 g/mol. The van der Waals surface area contributed by atoms with Crippen molar-refractivity contribution in [2.45, 2.75) is 26.2 Å². The van der Waals surface area contributed by atoms with E-state index in [0.717, 1.165) is 0 Å². The van der Waals surface area contributed by atoms with E-state index in [2.05, 4.69) is 9.97 Å². The summed E-state index contributed by atoms with van der Waals surface area (Å²) >= 11 is 0. The fourth-order valence-corrected chi connectivity index (χ4v) is 1.20. The molecule has 0 aliphatic heterocycles. The highest BCUT2D eigenvalue weighted by Crippen LogP contribution is 2.21. The first-order valence-corrected chi connectivity index (χ1v) is 4.15. The Kier molecular flexibility index (Phi) is 2.42. The summed E-state index contributed by atoms with van der Waals surface area (Å²) < 4.78 is 0. The van der Waals surface area contributed by atoms with Gasteiger partial charge in [0.05, 0.1) is 12.0 Å². The Morgan fingerprint density at radius 1 is 1.57 bits per heavy atom. The van der Waals surface area contributed by atoms with Gasteiger partial charge in [-0.05, 0) is 20.8 Å². The molecule has 0 radical (unpaired) electrons. The molecule has 0 spiro atoms. The number of aromatic nitrogens is 2. The van der Waals surface area contributed by atoms with Crippen molar-refractivity contribution in [1.82, 2.24) is 9.97 Å². The highest BCUT2D eigenvalue weighted by atomic mass is 16.4. The van der Waals surface area contributed by atoms with Gasteiger partial charge in [-0.3, -0.25) is 9.59 Å². The maximum Gasteiger partial charge on any atom is 0.315 e. The van der Waals surface area contributed by atoms with Gasteiger partial charge in [0, 0.05) is 5.56 Å². The van der Waals surface area contributed by atoms with E-state index in [9.17, 15) is 9.59 Å². The van der Waals surface area contributed by atoms with Crippen LogP contribution in [0, 0.1) is 6.92 Å². The molecular formula is C9H12N2O3. The molecule has 5 nitrogen and oxygen atoms in total. The van der Waals surface area contributed by atoms with Crippen molar-refractivity contribution in [1.29, 1.82) is 0 Å². The van der Waals surface area contributed by atoms with Gasteiger partial charge in [-0.25, -0.2) is 4.98 Å². The van der Waals surface area contributed by atoms with E-state index in [1.165, 1.54) is 20.2 Å². The van der Waals surface area contributed by atoms with Crippen LogP contribution in [-0.2, 0) is 10.2 Å². The third-order valence-corrected chi connectivity index (χ3v) is 2.21. The van der Waals surface area contributed by atoms with Crippen molar-refractivity contribution in [2.24, 2.45) is 0 Å². The smallest absolute Gasteiger partial charge is 0.315 e. The van der Waals surface area contributed by atoms with Gasteiger partial charge in [0.1, 0.15) is 5.41 Å². The molecule has 14 heavy (non-hydrogen) atoms. The van der Waals surface area contributed by atoms with Crippen molar-refractivity contribution in [3.63, 3.8) is 0 Å². The maximum absolute atomic E-state index is 11.2. The first-order valence-electron chi connectivity index (χ1n) is 4.15. The fourth-order valence-electron chi connectivity index (χ4n) is 1.20. The second-order valence-corrected chi connectivity index (χ2v) is 3.64. The van der Waals surface area contributed by atoms with Gasteiger partial charge in [-0.2, -0.15) is 0 Å². The molecule has 0 atom stereocenters. The molecule has 1 rings (SSSR count). The van der Waals surface area contributed by atoms with E-state index >= 15 is 0 Å². The molecule has 2 N–H and O–H groups in total. The maximum atomic E-state index is 11.2. The Morgan fingerprint density at radius 3 is 2.64 bits per heavy atom. The van der Waals surface area contributed by atoms with Crippen molar-refractivity contribution in [3.05, 3.63) is 27.9 Å². The second kappa shape index (κ2) is 3.25. The average Bonchev–Trinajstić information content (AvgIpc) is 2.09. The lowest BCUT2D eigenvalue weighted by atomic mass is 9.87. The largest absolute Gasteiger partial charge is 0.481 e. The molecule has 0 fully saturated rings. The van der Waals surface area contributed by atoms with Gasteiger partial charge in [-0.1, -0.05) is 0 Å². The number of carbonyl (C=O) groups is 1. The highest BCUT2D eigenvalue weighted by molar-refractivity contribution is 5.79. The molecule has 0 saturated heterocycles. The Morgan fingerprint density at radius 2 is 2.14 bits per heavy atom. The fraction of sp³-hybridized carbons (Fsp3) is 0.444. The van der Waals surface area contributed by atoms with Gasteiger partial charge in [-0.15, -0.1) is 0 Å². The molecular weight excluding hydrogens is 184 g/mol. The predicted octanol–water partition coefficient (Wildman–Crippen LogP) is 0.441. The molecule has 0 saturated carbocycles. The second-order valence-electron chi connectivity index (χ2n) is 3.64. The van der Waals surface area contributed by atoms with Crippen LogP contribution >= 0.6 is 0 Å². The highest BCUT2D eigenvalue weighted by Gasteiger charge is 2.33. The SMILES string of the molecule is Cc1c(C(C)(C)C(=O)O)nc[nH]c1=O. The van der Waals surface area contributed by atoms with E-state index in [1.54, 1.807) is 6.92 Å². The summed E-state index contributed by atoms with van der Waals surface area (Å²) in [6.07, 6.45) is 1.22. The summed E-state index contributed by atoms with van der Waals surface area (Å²) in [6, 6.07) is 0. The zero-order valence-electron chi connectivity index (χ0n) is 8.29. The molecule has 1 heterocycles. The Bertz CT molecular complexity index is 420. The summed E-state index contributed by atoms with van der Waals surface area (Å²) in [6.45, 7) is 4.60. The van der Waals surface area contributed by atoms with Gasteiger partial charge in [0.15, 0.2) is 0 Å². The number of carboxylic acids is 1. The molecule has 0 aromatic carbocycles. The lowest BCUT2D eigenvalue weighted by molar-refractivity contribution is -0.142. The van der Waals surface area contributed by atoms with E-state index in [-0.39, 0.29) is 5.56 Å². The van der Waals surface area contributed by atoms with E-state index in [4.69, 9.17) is 5.11 Å². The van der Waals surface area contributed by atoms with Crippen LogP contribution in [-0.4, -0.2) is 21.0 Å². The van der Waals surface area contributed by atoms with Crippen LogP contribution in [0.4, 0.5) is 0 Å². The topological polar surface area (TPSA) is 83.0 Å². The summed E-state index contributed by atoms with van der Waals surface area (Å²) in [5.41, 5.74) is -0.795. The van der Waals surface area contributed by atoms with Crippen LogP contribution in [0.25, 0.3) is 0 Å². The molecule has 0 unspecified atom stereocenters. The molecule has 0 aliphatic rings. The first-order chi connectivity index (χ1) is 6.37. The van der Waals surface area contributed by atoms with Crippen LogP contribution in [0.1, 0.15) is 25.1 Å². The molecule has 5 heteroatoms. The Balaban J connectivity index is 3.40. The van der Waals surface area contributed by atoms with Gasteiger partial charge in [0.25, 0.3) is 5.56 Å². The summed E-state index contributed by atoms with van der Waals surface area (Å²) in [4.78, 5) is 28.4. The standard InChI is InChI=1S/C9H12N2O3/c1-5-6(9(2,3)8(13)14)10-4-11-7(5)12/h4H,1-3H3,(H,13,14)(H,10,11,12). The third-order valence-electron chi connectivity index (χ3n) is 2.21. The average molecular weight is 196 g/mol. The zero-order valence-corrected chi connectivity index (χ0v) is 8.29. The minimum Gasteiger partial charge on any atom is -0.481 e. The molecule has 0 aliphatic carbocycles. The third kappa shape index (κ3) is 1.53. The van der Waals surface area contributed by atoms with Gasteiger partial charge < -0.3 is 10.1 Å². The Labute approximate surface area is 80.8 Å². The summed E-state index contributed by atoms with van der Waals surface area (Å²) in [5.74, 6) is -1.00. The Hall–Kier alpha value is -1.65. The number of aliphatic carboxylic acids is 1. The van der Waals surface area contributed by atoms with E-state index < -0.39 is 11.4 Å². The minimum atomic E-state index is -1.14. The van der Waals surface area contributed by atoms with Gasteiger partial charge in [0.2, 0.25) is 0 Å². The first kappa shape index (κ1) is 10.4. The molecule has 0 bridgehead atoms. The van der Waals surface area contributed by atoms with Gasteiger partial charge >= 0.3 is 5.97 Å². The van der Waals surface area contributed by atoms with Crippen LogP contribution < -0.4 is 5.56 Å². The van der Waals surface area contributed by atoms with E-state index in [0.29, 0.717) is 11.3 Å². The summed E-state index contributed by atoms with van der Waals surface area (Å²) in [7, 11) is 0. The number of carboxylic acid groups (broad SMARTS) is 1. The van der Waals surface area contributed by atoms with Crippen LogP contribution in [0.5, 0.6) is 0 Å². The molecule has 76 valence electrons. The van der Waals surface area contributed by atoms with E-state index in [1.807, 2.05) is 0 Å². The number of nitrogens with one attached hydrogen (secondary N) is 1. The van der Waals surface area contributed by atoms with Crippen molar-refractivity contribution in [2.75, 3.05) is 0 Å².